The lowest BCUT2D eigenvalue weighted by molar-refractivity contribution is -0.140. The average molecular weight is 478 g/mol. The van der Waals surface area contributed by atoms with Crippen molar-refractivity contribution in [2.24, 2.45) is 0 Å². The molecular weight excluding hydrogens is 450 g/mol. The van der Waals surface area contributed by atoms with Crippen LogP contribution >= 0.6 is 11.3 Å². The minimum Gasteiger partial charge on any atom is -0.507 e. The van der Waals surface area contributed by atoms with E-state index in [0.717, 1.165) is 10.4 Å². The summed E-state index contributed by atoms with van der Waals surface area (Å²) in [5.74, 6) is -0.814. The molecule has 0 radical (unpaired) electrons. The van der Waals surface area contributed by atoms with Crippen molar-refractivity contribution in [2.45, 2.75) is 26.0 Å². The number of aliphatic hydroxyl groups excluding tert-OH is 1. The van der Waals surface area contributed by atoms with E-state index in [1.807, 2.05) is 42.6 Å². The summed E-state index contributed by atoms with van der Waals surface area (Å²) in [4.78, 5) is 28.1. The van der Waals surface area contributed by atoms with E-state index < -0.39 is 17.7 Å². The van der Waals surface area contributed by atoms with Gasteiger partial charge in [-0.05, 0) is 54.6 Å². The normalized spacial score (nSPS) is 17.4. The zero-order chi connectivity index (χ0) is 24.1. The molecule has 4 rings (SSSR count). The van der Waals surface area contributed by atoms with E-state index in [4.69, 9.17) is 9.47 Å². The zero-order valence-electron chi connectivity index (χ0n) is 19.2. The monoisotopic (exact) mass is 477 g/mol. The van der Waals surface area contributed by atoms with Gasteiger partial charge in [0.25, 0.3) is 11.7 Å². The SMILES string of the molecule is COCCCN1C(=O)C(=O)/C(=C(/O)c2ccc(OCc3cccc(C)c3)cc2)[C@@H]1c1cccs1. The van der Waals surface area contributed by atoms with E-state index in [0.29, 0.717) is 37.5 Å². The first kappa shape index (κ1) is 23.7. The Morgan fingerprint density at radius 3 is 2.56 bits per heavy atom. The van der Waals surface area contributed by atoms with Gasteiger partial charge in [-0.15, -0.1) is 11.3 Å². The van der Waals surface area contributed by atoms with Gasteiger partial charge in [0.15, 0.2) is 0 Å². The lowest BCUT2D eigenvalue weighted by Gasteiger charge is -2.24. The number of thiophene rings is 1. The molecule has 6 nitrogen and oxygen atoms in total. The first-order valence-electron chi connectivity index (χ1n) is 11.1. The quantitative estimate of drug-likeness (QED) is 0.201. The van der Waals surface area contributed by atoms with Crippen molar-refractivity contribution in [1.29, 1.82) is 0 Å². The standard InChI is InChI=1S/C27H27NO5S/c1-18-6-3-7-19(16-18)17-33-21-11-9-20(10-12-21)25(29)23-24(22-8-4-15-34-22)28(13-5-14-32-2)27(31)26(23)30/h3-4,6-12,15-16,24,29H,5,13-14,17H2,1-2H3/b25-23+/t24-/m0/s1. The van der Waals surface area contributed by atoms with E-state index in [1.165, 1.54) is 21.8 Å². The van der Waals surface area contributed by atoms with Crippen LogP contribution in [0.1, 0.15) is 34.0 Å². The number of hydrogen-bond donors (Lipinski definition) is 1. The summed E-state index contributed by atoms with van der Waals surface area (Å²) >= 11 is 1.45. The lowest BCUT2D eigenvalue weighted by atomic mass is 10.00. The maximum atomic E-state index is 13.0. The number of amides is 1. The highest BCUT2D eigenvalue weighted by Crippen LogP contribution is 2.41. The van der Waals surface area contributed by atoms with Crippen LogP contribution in [-0.2, 0) is 20.9 Å². The fourth-order valence-corrected chi connectivity index (χ4v) is 4.91. The number of carbonyl (C=O) groups is 2. The van der Waals surface area contributed by atoms with Crippen molar-refractivity contribution in [3.05, 3.63) is 93.2 Å². The van der Waals surface area contributed by atoms with Crippen LogP contribution in [0.5, 0.6) is 5.75 Å². The van der Waals surface area contributed by atoms with Gasteiger partial charge in [0.05, 0.1) is 11.6 Å². The average Bonchev–Trinajstić information content (AvgIpc) is 3.45. The molecule has 1 aromatic heterocycles. The Bertz CT molecular complexity index is 1180. The molecule has 176 valence electrons. The van der Waals surface area contributed by atoms with Gasteiger partial charge in [0, 0.05) is 30.7 Å². The number of hydrogen-bond acceptors (Lipinski definition) is 6. The molecule has 34 heavy (non-hydrogen) atoms. The Hall–Kier alpha value is -3.42. The van der Waals surface area contributed by atoms with Crippen LogP contribution in [0.4, 0.5) is 0 Å². The number of Topliss-reactive ketones (excluding diaryl/α,β-unsaturated/α-hetero) is 1. The number of methoxy groups -OCH3 is 1. The van der Waals surface area contributed by atoms with Crippen LogP contribution in [0.25, 0.3) is 5.76 Å². The van der Waals surface area contributed by atoms with E-state index >= 15 is 0 Å². The summed E-state index contributed by atoms with van der Waals surface area (Å²) in [6.45, 7) is 3.30. The molecule has 1 fully saturated rings. The fraction of sp³-hybridized carbons (Fsp3) is 0.259. The van der Waals surface area contributed by atoms with Crippen LogP contribution in [-0.4, -0.2) is 42.0 Å². The molecule has 1 N–H and O–H groups in total. The number of carbonyl (C=O) groups excluding carboxylic acids is 2. The van der Waals surface area contributed by atoms with Gasteiger partial charge in [-0.2, -0.15) is 0 Å². The van der Waals surface area contributed by atoms with E-state index in [2.05, 4.69) is 6.07 Å². The van der Waals surface area contributed by atoms with E-state index in [-0.39, 0.29) is 11.3 Å². The molecule has 1 aliphatic rings. The maximum Gasteiger partial charge on any atom is 0.295 e. The molecule has 0 saturated carbocycles. The number of likely N-dealkylation sites (tertiary alicyclic amines) is 1. The molecule has 0 spiro atoms. The van der Waals surface area contributed by atoms with Gasteiger partial charge in [-0.25, -0.2) is 0 Å². The molecule has 2 aromatic carbocycles. The molecule has 3 aromatic rings. The van der Waals surface area contributed by atoms with E-state index in [1.54, 1.807) is 31.4 Å². The molecule has 0 bridgehead atoms. The highest BCUT2D eigenvalue weighted by Gasteiger charge is 2.46. The summed E-state index contributed by atoms with van der Waals surface area (Å²) in [6, 6.07) is 18.1. The molecular formula is C27H27NO5S. The minimum absolute atomic E-state index is 0.110. The van der Waals surface area contributed by atoms with Gasteiger partial charge in [0.1, 0.15) is 18.1 Å². The van der Waals surface area contributed by atoms with Crippen LogP contribution in [0, 0.1) is 6.92 Å². The predicted molar refractivity (Wildman–Crippen MR) is 132 cm³/mol. The molecule has 7 heteroatoms. The number of nitrogens with zero attached hydrogens (tertiary/aromatic N) is 1. The van der Waals surface area contributed by atoms with Crippen LogP contribution in [0.3, 0.4) is 0 Å². The Labute approximate surface area is 203 Å². The van der Waals surface area contributed by atoms with Gasteiger partial charge in [-0.3, -0.25) is 9.59 Å². The number of aliphatic hydroxyl groups is 1. The smallest absolute Gasteiger partial charge is 0.295 e. The number of benzene rings is 2. The zero-order valence-corrected chi connectivity index (χ0v) is 20.0. The summed E-state index contributed by atoms with van der Waals surface area (Å²) < 4.78 is 11.0. The van der Waals surface area contributed by atoms with Crippen molar-refractivity contribution < 1.29 is 24.2 Å². The Morgan fingerprint density at radius 2 is 1.88 bits per heavy atom. The molecule has 0 aliphatic carbocycles. The molecule has 1 atom stereocenters. The van der Waals surface area contributed by atoms with Gasteiger partial charge >= 0.3 is 0 Å². The third kappa shape index (κ3) is 5.05. The van der Waals surface area contributed by atoms with Gasteiger partial charge in [-0.1, -0.05) is 35.9 Å². The van der Waals surface area contributed by atoms with Crippen molar-refractivity contribution in [3.63, 3.8) is 0 Å². The number of rotatable bonds is 9. The highest BCUT2D eigenvalue weighted by molar-refractivity contribution is 7.10. The highest BCUT2D eigenvalue weighted by atomic mass is 32.1. The van der Waals surface area contributed by atoms with Crippen LogP contribution in [0.2, 0.25) is 0 Å². The summed E-state index contributed by atoms with van der Waals surface area (Å²) in [5.41, 5.74) is 2.80. The Balaban J connectivity index is 1.59. The van der Waals surface area contributed by atoms with Gasteiger partial charge in [0.2, 0.25) is 0 Å². The van der Waals surface area contributed by atoms with E-state index in [9.17, 15) is 14.7 Å². The Morgan fingerprint density at radius 1 is 1.09 bits per heavy atom. The first-order valence-corrected chi connectivity index (χ1v) is 12.0. The van der Waals surface area contributed by atoms with Crippen LogP contribution < -0.4 is 4.74 Å². The summed E-state index contributed by atoms with van der Waals surface area (Å²) in [6.07, 6.45) is 0.596. The second kappa shape index (κ2) is 10.7. The lowest BCUT2D eigenvalue weighted by Crippen LogP contribution is -2.31. The number of aryl methyl sites for hydroxylation is 1. The van der Waals surface area contributed by atoms with Crippen molar-refractivity contribution in [2.75, 3.05) is 20.3 Å². The fourth-order valence-electron chi connectivity index (χ4n) is 4.07. The number of ether oxygens (including phenoxy) is 2. The largest absolute Gasteiger partial charge is 0.507 e. The second-order valence-corrected chi connectivity index (χ2v) is 9.14. The minimum atomic E-state index is -0.673. The maximum absolute atomic E-state index is 13.0. The third-order valence-corrected chi connectivity index (χ3v) is 6.64. The summed E-state index contributed by atoms with van der Waals surface area (Å²) in [5, 5.41) is 13.0. The van der Waals surface area contributed by atoms with Crippen molar-refractivity contribution in [1.82, 2.24) is 4.90 Å². The third-order valence-electron chi connectivity index (χ3n) is 5.72. The molecule has 2 heterocycles. The van der Waals surface area contributed by atoms with Crippen molar-refractivity contribution >= 4 is 28.8 Å². The molecule has 0 unspecified atom stereocenters. The van der Waals surface area contributed by atoms with Crippen LogP contribution in [0.15, 0.2) is 71.6 Å². The second-order valence-electron chi connectivity index (χ2n) is 8.16. The first-order chi connectivity index (χ1) is 16.5. The molecule has 1 amide bonds. The number of ketones is 1. The summed E-state index contributed by atoms with van der Waals surface area (Å²) in [7, 11) is 1.60. The molecule has 1 saturated heterocycles. The predicted octanol–water partition coefficient (Wildman–Crippen LogP) is 5.09. The topological polar surface area (TPSA) is 76.1 Å². The van der Waals surface area contributed by atoms with Crippen molar-refractivity contribution in [3.8, 4) is 5.75 Å². The van der Waals surface area contributed by atoms with Gasteiger partial charge < -0.3 is 19.5 Å². The molecule has 1 aliphatic heterocycles. The Kier molecular flexibility index (Phi) is 7.45.